The standard InChI is InChI=1S/C21H20N2O4S/c24-19(23-11-5-7-14-6-1-3-9-16(14)23)13-27-20(25)12-18-21(26)22-15-8-2-4-10-17(15)28-18/h1-4,6,8-10,18H,5,7,11-13H2,(H,22,26)/t18-/m1/s1. The molecule has 1 atom stereocenters. The molecule has 2 heterocycles. The summed E-state index contributed by atoms with van der Waals surface area (Å²) in [4.78, 5) is 39.6. The van der Waals surface area contributed by atoms with Crippen LogP contribution in [0.15, 0.2) is 53.4 Å². The van der Waals surface area contributed by atoms with Gasteiger partial charge in [-0.15, -0.1) is 11.8 Å². The molecule has 144 valence electrons. The number of ether oxygens (including phenoxy) is 1. The van der Waals surface area contributed by atoms with Crippen LogP contribution in [0.4, 0.5) is 11.4 Å². The molecule has 0 fully saturated rings. The molecule has 2 aliphatic rings. The smallest absolute Gasteiger partial charge is 0.307 e. The van der Waals surface area contributed by atoms with Crippen molar-refractivity contribution in [2.24, 2.45) is 0 Å². The van der Waals surface area contributed by atoms with E-state index in [1.54, 1.807) is 4.90 Å². The molecule has 0 bridgehead atoms. The Morgan fingerprint density at radius 2 is 1.93 bits per heavy atom. The van der Waals surface area contributed by atoms with E-state index in [0.29, 0.717) is 6.54 Å². The van der Waals surface area contributed by atoms with Crippen molar-refractivity contribution in [1.29, 1.82) is 0 Å². The van der Waals surface area contributed by atoms with Gasteiger partial charge in [0.05, 0.1) is 17.4 Å². The zero-order chi connectivity index (χ0) is 19.5. The summed E-state index contributed by atoms with van der Waals surface area (Å²) < 4.78 is 5.19. The minimum atomic E-state index is -0.562. The molecule has 1 N–H and O–H groups in total. The first kappa shape index (κ1) is 18.6. The lowest BCUT2D eigenvalue weighted by atomic mass is 10.0. The molecular formula is C21H20N2O4S. The lowest BCUT2D eigenvalue weighted by Crippen LogP contribution is -2.39. The fourth-order valence-corrected chi connectivity index (χ4v) is 4.55. The van der Waals surface area contributed by atoms with Crippen molar-refractivity contribution in [1.82, 2.24) is 0 Å². The summed E-state index contributed by atoms with van der Waals surface area (Å²) in [6, 6.07) is 15.2. The molecule has 0 saturated carbocycles. The third-order valence-corrected chi connectivity index (χ3v) is 6.10. The summed E-state index contributed by atoms with van der Waals surface area (Å²) in [6.45, 7) is 0.299. The first-order valence-electron chi connectivity index (χ1n) is 9.22. The molecule has 0 radical (unpaired) electrons. The molecule has 7 heteroatoms. The Morgan fingerprint density at radius 3 is 2.82 bits per heavy atom. The third-order valence-electron chi connectivity index (χ3n) is 4.83. The number of rotatable bonds is 4. The van der Waals surface area contributed by atoms with Crippen LogP contribution in [0, 0.1) is 0 Å². The Bertz CT molecular complexity index is 930. The lowest BCUT2D eigenvalue weighted by Gasteiger charge is -2.29. The van der Waals surface area contributed by atoms with Gasteiger partial charge in [0.25, 0.3) is 5.91 Å². The summed E-state index contributed by atoms with van der Waals surface area (Å²) in [5.41, 5.74) is 2.76. The van der Waals surface area contributed by atoms with Crippen molar-refractivity contribution in [3.8, 4) is 0 Å². The van der Waals surface area contributed by atoms with E-state index < -0.39 is 11.2 Å². The molecule has 2 aliphatic heterocycles. The summed E-state index contributed by atoms with van der Waals surface area (Å²) in [5.74, 6) is -1.02. The Kier molecular flexibility index (Phi) is 5.34. The highest BCUT2D eigenvalue weighted by molar-refractivity contribution is 8.01. The number of benzene rings is 2. The maximum absolute atomic E-state index is 12.5. The van der Waals surface area contributed by atoms with Crippen LogP contribution < -0.4 is 10.2 Å². The van der Waals surface area contributed by atoms with Gasteiger partial charge in [0.2, 0.25) is 5.91 Å². The number of aryl methyl sites for hydroxylation is 1. The molecule has 0 aromatic heterocycles. The third kappa shape index (κ3) is 3.89. The zero-order valence-electron chi connectivity index (χ0n) is 15.2. The van der Waals surface area contributed by atoms with Crippen LogP contribution in [0.3, 0.4) is 0 Å². The van der Waals surface area contributed by atoms with Gasteiger partial charge < -0.3 is 15.0 Å². The molecule has 2 aromatic rings. The minimum absolute atomic E-state index is 0.0747. The normalized spacial score (nSPS) is 17.9. The highest BCUT2D eigenvalue weighted by Crippen LogP contribution is 2.36. The molecule has 28 heavy (non-hydrogen) atoms. The largest absolute Gasteiger partial charge is 0.456 e. The average Bonchev–Trinajstić information content (AvgIpc) is 2.72. The summed E-state index contributed by atoms with van der Waals surface area (Å²) >= 11 is 1.34. The summed E-state index contributed by atoms with van der Waals surface area (Å²) in [7, 11) is 0. The molecule has 4 rings (SSSR count). The van der Waals surface area contributed by atoms with Crippen LogP contribution in [0.2, 0.25) is 0 Å². The number of hydrogen-bond acceptors (Lipinski definition) is 5. The second-order valence-electron chi connectivity index (χ2n) is 6.73. The molecule has 0 aliphatic carbocycles. The number of hydrogen-bond donors (Lipinski definition) is 1. The van der Waals surface area contributed by atoms with Gasteiger partial charge in [-0.05, 0) is 36.6 Å². The number of carbonyl (C=O) groups excluding carboxylic acids is 3. The second kappa shape index (κ2) is 8.06. The van der Waals surface area contributed by atoms with Gasteiger partial charge in [-0.25, -0.2) is 0 Å². The molecule has 0 saturated heterocycles. The van der Waals surface area contributed by atoms with E-state index in [2.05, 4.69) is 5.32 Å². The van der Waals surface area contributed by atoms with Gasteiger partial charge in [0.15, 0.2) is 6.61 Å². The van der Waals surface area contributed by atoms with Crippen LogP contribution >= 0.6 is 11.8 Å². The first-order valence-corrected chi connectivity index (χ1v) is 10.1. The van der Waals surface area contributed by atoms with Gasteiger partial charge in [0, 0.05) is 17.1 Å². The fraction of sp³-hybridized carbons (Fsp3) is 0.286. The number of nitrogens with one attached hydrogen (secondary N) is 1. The predicted molar refractivity (Wildman–Crippen MR) is 107 cm³/mol. The average molecular weight is 396 g/mol. The number of para-hydroxylation sites is 2. The van der Waals surface area contributed by atoms with Gasteiger partial charge in [-0.1, -0.05) is 30.3 Å². The fourth-order valence-electron chi connectivity index (χ4n) is 3.45. The number of thioether (sulfide) groups is 1. The molecule has 6 nitrogen and oxygen atoms in total. The van der Waals surface area contributed by atoms with E-state index in [4.69, 9.17) is 4.74 Å². The lowest BCUT2D eigenvalue weighted by molar-refractivity contribution is -0.148. The Labute approximate surface area is 167 Å². The zero-order valence-corrected chi connectivity index (χ0v) is 16.0. The van der Waals surface area contributed by atoms with Crippen molar-refractivity contribution >= 4 is 40.9 Å². The Morgan fingerprint density at radius 1 is 1.14 bits per heavy atom. The van der Waals surface area contributed by atoms with E-state index in [0.717, 1.165) is 34.7 Å². The molecule has 2 aromatic carbocycles. The van der Waals surface area contributed by atoms with Gasteiger partial charge in [0.1, 0.15) is 0 Å². The van der Waals surface area contributed by atoms with Crippen molar-refractivity contribution in [3.05, 3.63) is 54.1 Å². The van der Waals surface area contributed by atoms with E-state index in [-0.39, 0.29) is 24.8 Å². The first-order chi connectivity index (χ1) is 13.6. The van der Waals surface area contributed by atoms with Gasteiger partial charge >= 0.3 is 5.97 Å². The highest BCUT2D eigenvalue weighted by Gasteiger charge is 2.30. The van der Waals surface area contributed by atoms with Crippen molar-refractivity contribution < 1.29 is 19.1 Å². The van der Waals surface area contributed by atoms with Crippen LogP contribution in [-0.2, 0) is 25.5 Å². The van der Waals surface area contributed by atoms with Crippen LogP contribution in [-0.4, -0.2) is 36.2 Å². The van der Waals surface area contributed by atoms with Crippen LogP contribution in [0.1, 0.15) is 18.4 Å². The van der Waals surface area contributed by atoms with Crippen LogP contribution in [0.25, 0.3) is 0 Å². The van der Waals surface area contributed by atoms with Crippen molar-refractivity contribution in [2.45, 2.75) is 29.4 Å². The van der Waals surface area contributed by atoms with Gasteiger partial charge in [-0.3, -0.25) is 14.4 Å². The molecule has 2 amide bonds. The SMILES string of the molecule is O=C(C[C@H]1Sc2ccccc2NC1=O)OCC(=O)N1CCCc2ccccc21. The highest BCUT2D eigenvalue weighted by atomic mass is 32.2. The second-order valence-corrected chi connectivity index (χ2v) is 7.98. The molecule has 0 spiro atoms. The number of anilines is 2. The monoisotopic (exact) mass is 396 g/mol. The molecule has 0 unspecified atom stereocenters. The number of esters is 1. The minimum Gasteiger partial charge on any atom is -0.456 e. The quantitative estimate of drug-likeness (QED) is 0.804. The van der Waals surface area contributed by atoms with E-state index in [1.807, 2.05) is 48.5 Å². The number of amides is 2. The van der Waals surface area contributed by atoms with E-state index >= 15 is 0 Å². The number of nitrogens with zero attached hydrogens (tertiary/aromatic N) is 1. The van der Waals surface area contributed by atoms with Crippen molar-refractivity contribution in [2.75, 3.05) is 23.4 Å². The topological polar surface area (TPSA) is 75.7 Å². The maximum Gasteiger partial charge on any atom is 0.307 e. The number of fused-ring (bicyclic) bond motifs is 2. The molecular weight excluding hydrogens is 376 g/mol. The summed E-state index contributed by atoms with van der Waals surface area (Å²) in [5, 5.41) is 2.24. The number of carbonyl (C=O) groups is 3. The van der Waals surface area contributed by atoms with Gasteiger partial charge in [-0.2, -0.15) is 0 Å². The maximum atomic E-state index is 12.5. The summed E-state index contributed by atoms with van der Waals surface area (Å²) in [6.07, 6.45) is 1.75. The Hall–Kier alpha value is -2.80. The predicted octanol–water partition coefficient (Wildman–Crippen LogP) is 3.01. The Balaban J connectivity index is 1.33. The van der Waals surface area contributed by atoms with E-state index in [1.165, 1.54) is 11.8 Å². The van der Waals surface area contributed by atoms with E-state index in [9.17, 15) is 14.4 Å². The van der Waals surface area contributed by atoms with Crippen LogP contribution in [0.5, 0.6) is 0 Å². The van der Waals surface area contributed by atoms with Crippen molar-refractivity contribution in [3.63, 3.8) is 0 Å².